The maximum atomic E-state index is 12.6. The van der Waals surface area contributed by atoms with Crippen molar-refractivity contribution < 1.29 is 22.7 Å². The van der Waals surface area contributed by atoms with Crippen molar-refractivity contribution in [3.8, 4) is 11.5 Å². The molecular formula is C20H24N2O5S. The second kappa shape index (κ2) is 7.71. The molecule has 1 aliphatic heterocycles. The minimum Gasteiger partial charge on any atom is -0.486 e. The summed E-state index contributed by atoms with van der Waals surface area (Å²) in [6, 6.07) is 11.0. The van der Waals surface area contributed by atoms with Crippen LogP contribution in [0, 0.1) is 5.41 Å². The molecule has 28 heavy (non-hydrogen) atoms. The van der Waals surface area contributed by atoms with Crippen LogP contribution in [-0.2, 0) is 14.8 Å². The van der Waals surface area contributed by atoms with Gasteiger partial charge in [0.1, 0.15) is 13.2 Å². The van der Waals surface area contributed by atoms with Crippen LogP contribution in [0.3, 0.4) is 0 Å². The Balaban J connectivity index is 1.68. The number of amides is 1. The number of rotatable bonds is 5. The molecule has 0 atom stereocenters. The van der Waals surface area contributed by atoms with Gasteiger partial charge in [0.05, 0.1) is 4.90 Å². The number of anilines is 2. The first-order chi connectivity index (χ1) is 13.1. The van der Waals surface area contributed by atoms with Gasteiger partial charge in [0.15, 0.2) is 11.5 Å². The molecule has 3 rings (SSSR count). The first kappa shape index (κ1) is 20.0. The lowest BCUT2D eigenvalue weighted by Gasteiger charge is -2.19. The first-order valence-corrected chi connectivity index (χ1v) is 10.4. The van der Waals surface area contributed by atoms with Crippen LogP contribution in [0.2, 0.25) is 0 Å². The molecule has 0 spiro atoms. The second-order valence-electron chi connectivity index (χ2n) is 7.77. The molecule has 0 fully saturated rings. The van der Waals surface area contributed by atoms with Crippen molar-refractivity contribution in [2.45, 2.75) is 32.1 Å². The number of fused-ring (bicyclic) bond motifs is 1. The molecule has 1 heterocycles. The molecule has 0 radical (unpaired) electrons. The van der Waals surface area contributed by atoms with Gasteiger partial charge in [0.25, 0.3) is 10.0 Å². The highest BCUT2D eigenvalue weighted by atomic mass is 32.2. The monoisotopic (exact) mass is 404 g/mol. The molecule has 2 N–H and O–H groups in total. The summed E-state index contributed by atoms with van der Waals surface area (Å²) in [6.45, 7) is 6.79. The maximum Gasteiger partial charge on any atom is 0.262 e. The summed E-state index contributed by atoms with van der Waals surface area (Å²) in [6.07, 6.45) is 0.394. The minimum absolute atomic E-state index is 0.0827. The lowest BCUT2D eigenvalue weighted by atomic mass is 9.92. The molecule has 150 valence electrons. The predicted molar refractivity (Wildman–Crippen MR) is 107 cm³/mol. The number of benzene rings is 2. The van der Waals surface area contributed by atoms with Gasteiger partial charge in [0, 0.05) is 23.9 Å². The van der Waals surface area contributed by atoms with Crippen LogP contribution in [0.5, 0.6) is 11.5 Å². The van der Waals surface area contributed by atoms with Gasteiger partial charge >= 0.3 is 0 Å². The van der Waals surface area contributed by atoms with E-state index in [1.165, 1.54) is 12.1 Å². The van der Waals surface area contributed by atoms with Crippen molar-refractivity contribution in [2.24, 2.45) is 5.41 Å². The highest BCUT2D eigenvalue weighted by Crippen LogP contribution is 2.32. The Hall–Kier alpha value is -2.74. The fourth-order valence-electron chi connectivity index (χ4n) is 2.71. The van der Waals surface area contributed by atoms with Crippen LogP contribution in [0.25, 0.3) is 0 Å². The predicted octanol–water partition coefficient (Wildman–Crippen LogP) is 3.63. The smallest absolute Gasteiger partial charge is 0.262 e. The van der Waals surface area contributed by atoms with E-state index < -0.39 is 10.0 Å². The van der Waals surface area contributed by atoms with Gasteiger partial charge in [-0.3, -0.25) is 9.52 Å². The van der Waals surface area contributed by atoms with Gasteiger partial charge in [-0.05, 0) is 41.8 Å². The zero-order chi connectivity index (χ0) is 20.4. The van der Waals surface area contributed by atoms with Crippen LogP contribution in [-0.4, -0.2) is 27.5 Å². The topological polar surface area (TPSA) is 93.7 Å². The van der Waals surface area contributed by atoms with Gasteiger partial charge in [-0.1, -0.05) is 20.8 Å². The molecule has 8 heteroatoms. The lowest BCUT2D eigenvalue weighted by Crippen LogP contribution is -2.19. The van der Waals surface area contributed by atoms with Gasteiger partial charge in [-0.2, -0.15) is 0 Å². The van der Waals surface area contributed by atoms with E-state index >= 15 is 0 Å². The van der Waals surface area contributed by atoms with Gasteiger partial charge in [-0.25, -0.2) is 8.42 Å². The molecule has 0 saturated carbocycles. The van der Waals surface area contributed by atoms with Crippen LogP contribution in [0.1, 0.15) is 27.2 Å². The van der Waals surface area contributed by atoms with E-state index in [0.717, 1.165) is 0 Å². The van der Waals surface area contributed by atoms with E-state index in [-0.39, 0.29) is 16.2 Å². The lowest BCUT2D eigenvalue weighted by molar-refractivity contribution is -0.117. The summed E-state index contributed by atoms with van der Waals surface area (Å²) in [7, 11) is -3.78. The zero-order valence-electron chi connectivity index (χ0n) is 16.1. The molecule has 2 aromatic rings. The maximum absolute atomic E-state index is 12.6. The second-order valence-corrected chi connectivity index (χ2v) is 9.46. The number of hydrogen-bond donors (Lipinski definition) is 2. The summed E-state index contributed by atoms with van der Waals surface area (Å²) < 4.78 is 38.6. The fourth-order valence-corrected chi connectivity index (χ4v) is 3.79. The van der Waals surface area contributed by atoms with E-state index in [2.05, 4.69) is 10.0 Å². The van der Waals surface area contributed by atoms with Crippen LogP contribution in [0.15, 0.2) is 47.4 Å². The van der Waals surface area contributed by atoms with Gasteiger partial charge in [-0.15, -0.1) is 0 Å². The number of ether oxygens (including phenoxy) is 2. The Morgan fingerprint density at radius 1 is 0.964 bits per heavy atom. The van der Waals surface area contributed by atoms with E-state index in [4.69, 9.17) is 9.47 Å². The average molecular weight is 404 g/mol. The number of carbonyl (C=O) groups is 1. The summed E-state index contributed by atoms with van der Waals surface area (Å²) in [4.78, 5) is 12.1. The molecule has 1 amide bonds. The van der Waals surface area contributed by atoms with Crippen LogP contribution >= 0.6 is 0 Å². The third-order valence-corrected chi connectivity index (χ3v) is 5.31. The third kappa shape index (κ3) is 5.16. The Kier molecular flexibility index (Phi) is 5.51. The minimum atomic E-state index is -3.78. The first-order valence-electron chi connectivity index (χ1n) is 8.95. The van der Waals surface area contributed by atoms with Crippen molar-refractivity contribution in [3.05, 3.63) is 42.5 Å². The Morgan fingerprint density at radius 3 is 2.21 bits per heavy atom. The molecule has 2 aromatic carbocycles. The summed E-state index contributed by atoms with van der Waals surface area (Å²) >= 11 is 0. The summed E-state index contributed by atoms with van der Waals surface area (Å²) in [5, 5.41) is 2.81. The Labute approximate surface area is 165 Å². The van der Waals surface area contributed by atoms with E-state index in [1.54, 1.807) is 30.3 Å². The molecule has 1 aliphatic rings. The third-order valence-electron chi connectivity index (χ3n) is 3.94. The Bertz CT molecular complexity index is 963. The molecule has 7 nitrogen and oxygen atoms in total. The molecule has 0 bridgehead atoms. The molecular weight excluding hydrogens is 380 g/mol. The van der Waals surface area contributed by atoms with Crippen molar-refractivity contribution >= 4 is 27.3 Å². The highest BCUT2D eigenvalue weighted by molar-refractivity contribution is 7.92. The van der Waals surface area contributed by atoms with Crippen LogP contribution in [0.4, 0.5) is 11.4 Å². The van der Waals surface area contributed by atoms with Crippen molar-refractivity contribution in [1.82, 2.24) is 0 Å². The standard InChI is InChI=1S/C20H24N2O5S/c1-20(2,3)13-19(23)21-14-4-6-15(7-5-14)22-28(24,25)16-8-9-17-18(12-16)27-11-10-26-17/h4-9,12,22H,10-11,13H2,1-3H3,(H,21,23). The molecule has 0 aliphatic carbocycles. The van der Waals surface area contributed by atoms with E-state index in [0.29, 0.717) is 42.5 Å². The van der Waals surface area contributed by atoms with Gasteiger partial charge in [0.2, 0.25) is 5.91 Å². The number of sulfonamides is 1. The SMILES string of the molecule is CC(C)(C)CC(=O)Nc1ccc(NS(=O)(=O)c2ccc3c(c2)OCCO3)cc1. The Morgan fingerprint density at radius 2 is 1.57 bits per heavy atom. The van der Waals surface area contributed by atoms with Crippen molar-refractivity contribution in [2.75, 3.05) is 23.3 Å². The molecule has 0 unspecified atom stereocenters. The highest BCUT2D eigenvalue weighted by Gasteiger charge is 2.20. The normalized spacial score (nSPS) is 13.7. The summed E-state index contributed by atoms with van der Waals surface area (Å²) in [5.41, 5.74) is 0.892. The summed E-state index contributed by atoms with van der Waals surface area (Å²) in [5.74, 6) is 0.851. The van der Waals surface area contributed by atoms with E-state index in [9.17, 15) is 13.2 Å². The number of hydrogen-bond acceptors (Lipinski definition) is 5. The fraction of sp³-hybridized carbons (Fsp3) is 0.350. The van der Waals surface area contributed by atoms with E-state index in [1.807, 2.05) is 20.8 Å². The quantitative estimate of drug-likeness (QED) is 0.794. The van der Waals surface area contributed by atoms with Crippen molar-refractivity contribution in [3.63, 3.8) is 0 Å². The van der Waals surface area contributed by atoms with Crippen LogP contribution < -0.4 is 19.5 Å². The number of carbonyl (C=O) groups excluding carboxylic acids is 1. The molecule has 0 aromatic heterocycles. The largest absolute Gasteiger partial charge is 0.486 e. The molecule has 0 saturated heterocycles. The van der Waals surface area contributed by atoms with Gasteiger partial charge < -0.3 is 14.8 Å². The number of nitrogens with one attached hydrogen (secondary N) is 2. The zero-order valence-corrected chi connectivity index (χ0v) is 16.9. The average Bonchev–Trinajstić information content (AvgIpc) is 2.61. The van der Waals surface area contributed by atoms with Crippen molar-refractivity contribution in [1.29, 1.82) is 0 Å².